The van der Waals surface area contributed by atoms with Gasteiger partial charge >= 0.3 is 0 Å². The van der Waals surface area contributed by atoms with Crippen molar-refractivity contribution in [2.75, 3.05) is 10.2 Å². The lowest BCUT2D eigenvalue weighted by Gasteiger charge is -2.16. The van der Waals surface area contributed by atoms with Crippen LogP contribution in [-0.4, -0.2) is 23.6 Å². The van der Waals surface area contributed by atoms with E-state index in [4.69, 9.17) is 11.6 Å². The second-order valence-electron chi connectivity index (χ2n) is 5.58. The first kappa shape index (κ1) is 16.2. The summed E-state index contributed by atoms with van der Waals surface area (Å²) in [6, 6.07) is 12.8. The molecule has 0 radical (unpaired) electrons. The molecular formula is C18H15ClN2O3. The number of carbonyl (C=O) groups excluding carboxylic acids is 3. The fraction of sp³-hybridized carbons (Fsp3) is 0.167. The number of amides is 2. The summed E-state index contributed by atoms with van der Waals surface area (Å²) in [6.45, 7) is 1.49. The summed E-state index contributed by atoms with van der Waals surface area (Å²) < 4.78 is 0. The Labute approximate surface area is 144 Å². The minimum Gasteiger partial charge on any atom is -0.373 e. The van der Waals surface area contributed by atoms with Gasteiger partial charge in [0.05, 0.1) is 12.1 Å². The molecule has 2 aromatic rings. The van der Waals surface area contributed by atoms with Crippen LogP contribution in [0.2, 0.25) is 5.02 Å². The summed E-state index contributed by atoms with van der Waals surface area (Å²) in [7, 11) is 0. The SMILES string of the molecule is CC(=O)c1ccc(NC2CC(=O)N(c3cccc(Cl)c3)C2=O)cc1. The molecule has 122 valence electrons. The van der Waals surface area contributed by atoms with Gasteiger partial charge in [0.15, 0.2) is 5.78 Å². The van der Waals surface area contributed by atoms with Gasteiger partial charge in [0, 0.05) is 16.3 Å². The van der Waals surface area contributed by atoms with Crippen LogP contribution in [-0.2, 0) is 9.59 Å². The zero-order chi connectivity index (χ0) is 17.3. The van der Waals surface area contributed by atoms with Crippen LogP contribution in [0, 0.1) is 0 Å². The fourth-order valence-electron chi connectivity index (χ4n) is 2.63. The van der Waals surface area contributed by atoms with Gasteiger partial charge in [0.25, 0.3) is 5.91 Å². The average Bonchev–Trinajstić information content (AvgIpc) is 2.82. The van der Waals surface area contributed by atoms with Crippen molar-refractivity contribution in [3.05, 3.63) is 59.1 Å². The maximum Gasteiger partial charge on any atom is 0.256 e. The van der Waals surface area contributed by atoms with Gasteiger partial charge in [-0.3, -0.25) is 14.4 Å². The van der Waals surface area contributed by atoms with Crippen LogP contribution in [0.4, 0.5) is 11.4 Å². The number of imide groups is 1. The van der Waals surface area contributed by atoms with Gasteiger partial charge in [-0.2, -0.15) is 0 Å². The van der Waals surface area contributed by atoms with E-state index in [0.717, 1.165) is 4.90 Å². The van der Waals surface area contributed by atoms with Crippen molar-refractivity contribution in [1.29, 1.82) is 0 Å². The maximum atomic E-state index is 12.6. The Morgan fingerprint density at radius 3 is 2.50 bits per heavy atom. The minimum atomic E-state index is -0.639. The number of ketones is 1. The van der Waals surface area contributed by atoms with Gasteiger partial charge in [-0.1, -0.05) is 17.7 Å². The molecule has 24 heavy (non-hydrogen) atoms. The van der Waals surface area contributed by atoms with E-state index in [9.17, 15) is 14.4 Å². The second kappa shape index (κ2) is 6.45. The third kappa shape index (κ3) is 3.16. The van der Waals surface area contributed by atoms with E-state index in [0.29, 0.717) is 22.0 Å². The summed E-state index contributed by atoms with van der Waals surface area (Å²) in [5.41, 5.74) is 1.74. The fourth-order valence-corrected chi connectivity index (χ4v) is 2.82. The first-order valence-electron chi connectivity index (χ1n) is 7.45. The summed E-state index contributed by atoms with van der Waals surface area (Å²) in [5.74, 6) is -0.626. The average molecular weight is 343 g/mol. The second-order valence-corrected chi connectivity index (χ2v) is 6.02. The molecule has 1 unspecified atom stereocenters. The smallest absolute Gasteiger partial charge is 0.256 e. The highest BCUT2D eigenvalue weighted by atomic mass is 35.5. The molecule has 0 bridgehead atoms. The van der Waals surface area contributed by atoms with Crippen molar-refractivity contribution in [3.63, 3.8) is 0 Å². The van der Waals surface area contributed by atoms with Crippen molar-refractivity contribution in [3.8, 4) is 0 Å². The van der Waals surface area contributed by atoms with Crippen molar-refractivity contribution < 1.29 is 14.4 Å². The molecule has 6 heteroatoms. The van der Waals surface area contributed by atoms with Crippen LogP contribution in [0.15, 0.2) is 48.5 Å². The zero-order valence-electron chi connectivity index (χ0n) is 13.0. The van der Waals surface area contributed by atoms with E-state index in [1.807, 2.05) is 0 Å². The van der Waals surface area contributed by atoms with Crippen LogP contribution in [0.25, 0.3) is 0 Å². The van der Waals surface area contributed by atoms with E-state index < -0.39 is 6.04 Å². The maximum absolute atomic E-state index is 12.6. The molecule has 1 aliphatic rings. The van der Waals surface area contributed by atoms with Gasteiger partial charge in [0.2, 0.25) is 5.91 Å². The van der Waals surface area contributed by atoms with Crippen LogP contribution in [0.1, 0.15) is 23.7 Å². The molecule has 0 saturated carbocycles. The molecule has 1 heterocycles. The number of anilines is 2. The highest BCUT2D eigenvalue weighted by Crippen LogP contribution is 2.27. The number of benzene rings is 2. The van der Waals surface area contributed by atoms with E-state index in [-0.39, 0.29) is 24.0 Å². The number of nitrogens with one attached hydrogen (secondary N) is 1. The van der Waals surface area contributed by atoms with E-state index in [2.05, 4.69) is 5.32 Å². The van der Waals surface area contributed by atoms with Gasteiger partial charge in [0.1, 0.15) is 6.04 Å². The highest BCUT2D eigenvalue weighted by Gasteiger charge is 2.39. The van der Waals surface area contributed by atoms with E-state index in [1.54, 1.807) is 48.5 Å². The number of nitrogens with zero attached hydrogens (tertiary/aromatic N) is 1. The van der Waals surface area contributed by atoms with Crippen molar-refractivity contribution in [2.45, 2.75) is 19.4 Å². The van der Waals surface area contributed by atoms with Crippen molar-refractivity contribution in [1.82, 2.24) is 0 Å². The molecular weight excluding hydrogens is 328 g/mol. The lowest BCUT2D eigenvalue weighted by Crippen LogP contribution is -2.34. The number of carbonyl (C=O) groups is 3. The van der Waals surface area contributed by atoms with Gasteiger partial charge in [-0.05, 0) is 49.4 Å². The third-order valence-corrected chi connectivity index (χ3v) is 4.08. The Hall–Kier alpha value is -2.66. The van der Waals surface area contributed by atoms with Gasteiger partial charge < -0.3 is 5.32 Å². The first-order chi connectivity index (χ1) is 11.5. The molecule has 0 spiro atoms. The standard InChI is InChI=1S/C18H15ClN2O3/c1-11(22)12-5-7-14(8-6-12)20-16-10-17(23)21(18(16)24)15-4-2-3-13(19)9-15/h2-9,16,20H,10H2,1H3. The quantitative estimate of drug-likeness (QED) is 0.684. The predicted molar refractivity (Wildman–Crippen MR) is 92.4 cm³/mol. The molecule has 3 rings (SSSR count). The van der Waals surface area contributed by atoms with E-state index in [1.165, 1.54) is 6.92 Å². The molecule has 1 fully saturated rings. The molecule has 5 nitrogen and oxygen atoms in total. The monoisotopic (exact) mass is 342 g/mol. The Balaban J connectivity index is 1.77. The Morgan fingerprint density at radius 1 is 1.17 bits per heavy atom. The zero-order valence-corrected chi connectivity index (χ0v) is 13.7. The number of halogens is 1. The highest BCUT2D eigenvalue weighted by molar-refractivity contribution is 6.31. The van der Waals surface area contributed by atoms with Crippen LogP contribution < -0.4 is 10.2 Å². The number of rotatable bonds is 4. The molecule has 1 N–H and O–H groups in total. The Morgan fingerprint density at radius 2 is 1.88 bits per heavy atom. The molecule has 1 aliphatic heterocycles. The Kier molecular flexibility index (Phi) is 4.36. The van der Waals surface area contributed by atoms with Crippen molar-refractivity contribution >= 4 is 40.6 Å². The van der Waals surface area contributed by atoms with Crippen LogP contribution in [0.3, 0.4) is 0 Å². The molecule has 0 aromatic heterocycles. The van der Waals surface area contributed by atoms with E-state index >= 15 is 0 Å². The molecule has 2 amide bonds. The molecule has 0 aliphatic carbocycles. The topological polar surface area (TPSA) is 66.5 Å². The largest absolute Gasteiger partial charge is 0.373 e. The number of hydrogen-bond acceptors (Lipinski definition) is 4. The summed E-state index contributed by atoms with van der Waals surface area (Å²) in [6.07, 6.45) is 0.0693. The van der Waals surface area contributed by atoms with Gasteiger partial charge in [-0.25, -0.2) is 4.90 Å². The lowest BCUT2D eigenvalue weighted by molar-refractivity contribution is -0.121. The summed E-state index contributed by atoms with van der Waals surface area (Å²) in [4.78, 5) is 37.2. The molecule has 2 aromatic carbocycles. The minimum absolute atomic E-state index is 0.0270. The predicted octanol–water partition coefficient (Wildman–Crippen LogP) is 3.29. The number of Topliss-reactive ketones (excluding diaryl/α,β-unsaturated/α-hetero) is 1. The van der Waals surface area contributed by atoms with Gasteiger partial charge in [-0.15, -0.1) is 0 Å². The third-order valence-electron chi connectivity index (χ3n) is 3.85. The normalized spacial score (nSPS) is 17.2. The lowest BCUT2D eigenvalue weighted by atomic mass is 10.1. The van der Waals surface area contributed by atoms with Crippen molar-refractivity contribution in [2.24, 2.45) is 0 Å². The summed E-state index contributed by atoms with van der Waals surface area (Å²) >= 11 is 5.93. The first-order valence-corrected chi connectivity index (χ1v) is 7.83. The summed E-state index contributed by atoms with van der Waals surface area (Å²) in [5, 5.41) is 3.51. The Bertz CT molecular complexity index is 817. The van der Waals surface area contributed by atoms with Crippen LogP contribution >= 0.6 is 11.6 Å². The number of hydrogen-bond donors (Lipinski definition) is 1. The molecule has 1 saturated heterocycles. The van der Waals surface area contributed by atoms with Crippen LogP contribution in [0.5, 0.6) is 0 Å². The molecule has 1 atom stereocenters.